The summed E-state index contributed by atoms with van der Waals surface area (Å²) in [6.45, 7) is 7.76. The monoisotopic (exact) mass is 378 g/mol. The van der Waals surface area contributed by atoms with Crippen LogP contribution in [0.5, 0.6) is 0 Å². The number of benzene rings is 1. The Hall–Kier alpha value is -2.08. The Kier molecular flexibility index (Phi) is 5.60. The van der Waals surface area contributed by atoms with Crippen LogP contribution in [0.25, 0.3) is 0 Å². The summed E-state index contributed by atoms with van der Waals surface area (Å²) in [5, 5.41) is 2.87. The number of amides is 2. The van der Waals surface area contributed by atoms with Crippen LogP contribution in [0.15, 0.2) is 52.7 Å². The van der Waals surface area contributed by atoms with E-state index < -0.39 is 12.0 Å². The molecule has 0 aromatic heterocycles. The maximum Gasteiger partial charge on any atom is 0.338 e. The molecule has 122 valence electrons. The van der Waals surface area contributed by atoms with E-state index in [4.69, 9.17) is 4.74 Å². The Bertz CT molecular complexity index is 652. The summed E-state index contributed by atoms with van der Waals surface area (Å²) in [4.78, 5) is 26.2. The van der Waals surface area contributed by atoms with Crippen LogP contribution in [0, 0.1) is 0 Å². The highest BCUT2D eigenvalue weighted by Gasteiger charge is 2.35. The first-order valence-corrected chi connectivity index (χ1v) is 8.11. The largest absolute Gasteiger partial charge is 0.463 e. The van der Waals surface area contributed by atoms with E-state index in [1.165, 1.54) is 4.90 Å². The second kappa shape index (κ2) is 7.46. The lowest BCUT2D eigenvalue weighted by atomic mass is 9.95. The number of nitrogens with one attached hydrogen (secondary N) is 1. The maximum absolute atomic E-state index is 12.4. The Morgan fingerprint density at radius 2 is 2.09 bits per heavy atom. The first kappa shape index (κ1) is 17.3. The molecule has 0 bridgehead atoms. The van der Waals surface area contributed by atoms with Crippen LogP contribution in [0.1, 0.15) is 25.5 Å². The highest BCUT2D eigenvalue weighted by Crippen LogP contribution is 2.31. The summed E-state index contributed by atoms with van der Waals surface area (Å²) < 4.78 is 6.11. The van der Waals surface area contributed by atoms with E-state index >= 15 is 0 Å². The minimum absolute atomic E-state index is 0.261. The predicted molar refractivity (Wildman–Crippen MR) is 91.7 cm³/mol. The molecule has 2 rings (SSSR count). The molecule has 1 aromatic carbocycles. The Balaban J connectivity index is 2.50. The number of ether oxygens (including phenoxy) is 1. The number of nitrogens with zero attached hydrogens (tertiary/aromatic N) is 1. The lowest BCUT2D eigenvalue weighted by molar-refractivity contribution is -0.139. The number of allylic oxidation sites excluding steroid dienone is 1. The van der Waals surface area contributed by atoms with Gasteiger partial charge in [-0.15, -0.1) is 6.58 Å². The van der Waals surface area contributed by atoms with Crippen molar-refractivity contribution in [3.05, 3.63) is 58.2 Å². The van der Waals surface area contributed by atoms with E-state index in [0.29, 0.717) is 17.8 Å². The molecule has 0 spiro atoms. The molecule has 1 N–H and O–H groups in total. The van der Waals surface area contributed by atoms with Gasteiger partial charge in [0.1, 0.15) is 0 Å². The molecule has 0 fully saturated rings. The molecular formula is C17H19BrN2O3. The summed E-state index contributed by atoms with van der Waals surface area (Å²) in [5.41, 5.74) is 1.85. The van der Waals surface area contributed by atoms with Crippen molar-refractivity contribution in [3.63, 3.8) is 0 Å². The van der Waals surface area contributed by atoms with E-state index in [0.717, 1.165) is 10.0 Å². The van der Waals surface area contributed by atoms with E-state index in [2.05, 4.69) is 27.8 Å². The summed E-state index contributed by atoms with van der Waals surface area (Å²) >= 11 is 3.38. The molecule has 0 aliphatic carbocycles. The highest BCUT2D eigenvalue weighted by molar-refractivity contribution is 9.10. The molecule has 0 radical (unpaired) electrons. The van der Waals surface area contributed by atoms with Crippen molar-refractivity contribution >= 4 is 27.9 Å². The minimum atomic E-state index is -0.532. The maximum atomic E-state index is 12.4. The second-order valence-electron chi connectivity index (χ2n) is 5.05. The summed E-state index contributed by atoms with van der Waals surface area (Å²) in [6, 6.07) is 6.68. The molecule has 6 heteroatoms. The van der Waals surface area contributed by atoms with Crippen molar-refractivity contribution in [2.24, 2.45) is 0 Å². The third kappa shape index (κ3) is 3.64. The summed E-state index contributed by atoms with van der Waals surface area (Å²) in [5.74, 6) is -0.424. The predicted octanol–water partition coefficient (Wildman–Crippen LogP) is 3.54. The molecule has 1 unspecified atom stereocenters. The highest BCUT2D eigenvalue weighted by atomic mass is 79.9. The van der Waals surface area contributed by atoms with Crippen molar-refractivity contribution in [2.45, 2.75) is 19.9 Å². The first-order valence-electron chi connectivity index (χ1n) is 7.31. The van der Waals surface area contributed by atoms with Crippen molar-refractivity contribution in [3.8, 4) is 0 Å². The number of hydrogen-bond donors (Lipinski definition) is 1. The first-order chi connectivity index (χ1) is 11.0. The normalized spacial score (nSPS) is 17.8. The molecule has 1 aliphatic rings. The number of carbonyl (C=O) groups is 2. The van der Waals surface area contributed by atoms with Gasteiger partial charge in [-0.1, -0.05) is 34.1 Å². The summed E-state index contributed by atoms with van der Waals surface area (Å²) in [7, 11) is 0. The van der Waals surface area contributed by atoms with E-state index in [9.17, 15) is 9.59 Å². The number of carbonyl (C=O) groups excluding carboxylic acids is 2. The van der Waals surface area contributed by atoms with Crippen LogP contribution >= 0.6 is 15.9 Å². The van der Waals surface area contributed by atoms with Gasteiger partial charge in [-0.2, -0.15) is 0 Å². The lowest BCUT2D eigenvalue weighted by Gasteiger charge is -2.34. The van der Waals surface area contributed by atoms with Crippen LogP contribution < -0.4 is 5.32 Å². The molecule has 2 amide bonds. The van der Waals surface area contributed by atoms with Gasteiger partial charge in [0.25, 0.3) is 0 Å². The fourth-order valence-corrected chi connectivity index (χ4v) is 2.77. The molecule has 1 aliphatic heterocycles. The van der Waals surface area contributed by atoms with Gasteiger partial charge < -0.3 is 10.1 Å². The minimum Gasteiger partial charge on any atom is -0.463 e. The fourth-order valence-electron chi connectivity index (χ4n) is 2.51. The quantitative estimate of drug-likeness (QED) is 0.629. The van der Waals surface area contributed by atoms with Crippen LogP contribution in [0.3, 0.4) is 0 Å². The molecule has 23 heavy (non-hydrogen) atoms. The van der Waals surface area contributed by atoms with Gasteiger partial charge in [0, 0.05) is 16.7 Å². The third-order valence-corrected chi connectivity index (χ3v) is 4.14. The molecular weight excluding hydrogens is 360 g/mol. The zero-order valence-corrected chi connectivity index (χ0v) is 14.7. The van der Waals surface area contributed by atoms with Crippen LogP contribution in [0.2, 0.25) is 0 Å². The van der Waals surface area contributed by atoms with Crippen molar-refractivity contribution < 1.29 is 14.3 Å². The van der Waals surface area contributed by atoms with Gasteiger partial charge in [0.15, 0.2) is 0 Å². The van der Waals surface area contributed by atoms with Crippen molar-refractivity contribution in [1.82, 2.24) is 10.2 Å². The SMILES string of the molecule is C=CCN1C(=O)NC(c2ccc(Br)cc2)C(C(=O)OCC)=C1C. The third-order valence-electron chi connectivity index (χ3n) is 3.61. The Morgan fingerprint density at radius 3 is 2.65 bits per heavy atom. The molecule has 1 aromatic rings. The Labute approximate surface area is 144 Å². The zero-order valence-electron chi connectivity index (χ0n) is 13.1. The van der Waals surface area contributed by atoms with Gasteiger partial charge in [-0.25, -0.2) is 9.59 Å². The number of halogens is 1. The van der Waals surface area contributed by atoms with Gasteiger partial charge in [0.05, 0.1) is 18.2 Å². The smallest absolute Gasteiger partial charge is 0.338 e. The average Bonchev–Trinajstić information content (AvgIpc) is 2.51. The van der Waals surface area contributed by atoms with Crippen molar-refractivity contribution in [2.75, 3.05) is 13.2 Å². The molecule has 0 saturated heterocycles. The van der Waals surface area contributed by atoms with Gasteiger partial charge in [-0.05, 0) is 31.5 Å². The Morgan fingerprint density at radius 1 is 1.43 bits per heavy atom. The van der Waals surface area contributed by atoms with Gasteiger partial charge >= 0.3 is 12.0 Å². The average molecular weight is 379 g/mol. The van der Waals surface area contributed by atoms with Crippen molar-refractivity contribution in [1.29, 1.82) is 0 Å². The van der Waals surface area contributed by atoms with Gasteiger partial charge in [0.2, 0.25) is 0 Å². The number of urea groups is 1. The molecule has 1 atom stereocenters. The number of rotatable bonds is 5. The molecule has 0 saturated carbocycles. The zero-order chi connectivity index (χ0) is 17.0. The standard InChI is InChI=1S/C17H19BrN2O3/c1-4-10-20-11(3)14(16(21)23-5-2)15(19-17(20)22)12-6-8-13(18)9-7-12/h4,6-9,15H,1,5,10H2,2-3H3,(H,19,22). The van der Waals surface area contributed by atoms with Gasteiger partial charge in [-0.3, -0.25) is 4.90 Å². The topological polar surface area (TPSA) is 58.6 Å². The summed E-state index contributed by atoms with van der Waals surface area (Å²) in [6.07, 6.45) is 1.62. The van der Waals surface area contributed by atoms with E-state index in [1.54, 1.807) is 19.9 Å². The number of esters is 1. The lowest BCUT2D eigenvalue weighted by Crippen LogP contribution is -2.48. The molecule has 1 heterocycles. The number of hydrogen-bond acceptors (Lipinski definition) is 3. The second-order valence-corrected chi connectivity index (χ2v) is 5.97. The van der Waals surface area contributed by atoms with E-state index in [1.807, 2.05) is 24.3 Å². The van der Waals surface area contributed by atoms with Crippen LogP contribution in [0.4, 0.5) is 4.79 Å². The molecule has 5 nitrogen and oxygen atoms in total. The van der Waals surface area contributed by atoms with Crippen LogP contribution in [-0.2, 0) is 9.53 Å². The van der Waals surface area contributed by atoms with E-state index in [-0.39, 0.29) is 12.6 Å². The van der Waals surface area contributed by atoms with Crippen LogP contribution in [-0.4, -0.2) is 30.1 Å². The fraction of sp³-hybridized carbons (Fsp3) is 0.294.